The molecule has 1 saturated carbocycles. The average molecular weight is 808 g/mol. The van der Waals surface area contributed by atoms with Gasteiger partial charge in [-0.1, -0.05) is 41.9 Å². The highest BCUT2D eigenvalue weighted by atomic mass is 35.5. The number of halogens is 5. The van der Waals surface area contributed by atoms with E-state index in [1.54, 1.807) is 43.6 Å². The van der Waals surface area contributed by atoms with Crippen LogP contribution in [0.5, 0.6) is 11.5 Å². The quantitative estimate of drug-likeness (QED) is 0.0970. The Labute approximate surface area is 331 Å². The van der Waals surface area contributed by atoms with Gasteiger partial charge >= 0.3 is 12.1 Å². The molecular weight excluding hydrogens is 766 g/mol. The Kier molecular flexibility index (Phi) is 11.5. The van der Waals surface area contributed by atoms with Crippen LogP contribution in [-0.2, 0) is 35.4 Å². The summed E-state index contributed by atoms with van der Waals surface area (Å²) >= 11 is 7.07. The number of carboxylic acids is 1. The van der Waals surface area contributed by atoms with Crippen molar-refractivity contribution in [1.82, 2.24) is 25.3 Å². The third kappa shape index (κ3) is 8.30. The van der Waals surface area contributed by atoms with Gasteiger partial charge in [0.2, 0.25) is 5.91 Å². The average Bonchev–Trinajstić information content (AvgIpc) is 3.76. The Morgan fingerprint density at radius 1 is 1.04 bits per heavy atom. The van der Waals surface area contributed by atoms with E-state index in [0.29, 0.717) is 80.9 Å². The van der Waals surface area contributed by atoms with Crippen molar-refractivity contribution in [3.05, 3.63) is 100.0 Å². The second-order valence-corrected chi connectivity index (χ2v) is 15.1. The normalized spacial score (nSPS) is 18.2. The molecule has 1 amide bonds. The standard InChI is InChI=1S/C42H42ClF4N5O5/c1-51(28-12-24(13-28)41(54)55)21-26-14-34(42(45,46)47)25(17-37(26)56-2)22-52-36-9-5-7-30(32(36)20-49-52)31-8-4-6-29(40(31)43)23-15-35(44)33(38(16-23)57-3)19-48-18-27-10-11-39(53)50-27/h4-9,14-17,20,24,27-28,48H,10-13,18-19,21-22H2,1-3H3,(H,50,53)(H,54,55)/t24?,27-,28?/m0/s1. The molecule has 1 aliphatic heterocycles. The molecule has 7 rings (SSSR count). The molecule has 2 aliphatic rings. The van der Waals surface area contributed by atoms with Crippen molar-refractivity contribution in [3.8, 4) is 33.8 Å². The van der Waals surface area contributed by atoms with E-state index in [0.717, 1.165) is 12.5 Å². The number of aliphatic carboxylic acids is 1. The van der Waals surface area contributed by atoms with E-state index in [9.17, 15) is 27.9 Å². The third-order valence-corrected chi connectivity index (χ3v) is 11.5. The molecule has 1 atom stereocenters. The van der Waals surface area contributed by atoms with E-state index >= 15 is 4.39 Å². The summed E-state index contributed by atoms with van der Waals surface area (Å²) < 4.78 is 72.2. The number of carbonyl (C=O) groups excluding carboxylic acids is 1. The minimum absolute atomic E-state index is 0.00548. The van der Waals surface area contributed by atoms with Gasteiger partial charge in [-0.2, -0.15) is 18.3 Å². The van der Waals surface area contributed by atoms with Gasteiger partial charge in [-0.05, 0) is 73.3 Å². The van der Waals surface area contributed by atoms with Gasteiger partial charge in [-0.25, -0.2) is 4.39 Å². The molecule has 0 bridgehead atoms. The van der Waals surface area contributed by atoms with Crippen molar-refractivity contribution >= 4 is 34.4 Å². The van der Waals surface area contributed by atoms with Gasteiger partial charge in [0.15, 0.2) is 0 Å². The fourth-order valence-electron chi connectivity index (χ4n) is 7.83. The smallest absolute Gasteiger partial charge is 0.416 e. The molecule has 0 spiro atoms. The Hall–Kier alpha value is -5.18. The lowest BCUT2D eigenvalue weighted by Crippen LogP contribution is -2.44. The first-order chi connectivity index (χ1) is 27.2. The molecule has 10 nitrogen and oxygen atoms in total. The highest BCUT2D eigenvalue weighted by Gasteiger charge is 2.38. The van der Waals surface area contributed by atoms with Crippen LogP contribution >= 0.6 is 11.6 Å². The van der Waals surface area contributed by atoms with E-state index in [2.05, 4.69) is 15.7 Å². The first-order valence-corrected chi connectivity index (χ1v) is 18.9. The second kappa shape index (κ2) is 16.4. The van der Waals surface area contributed by atoms with Gasteiger partial charge in [0, 0.05) is 65.8 Å². The number of hydrogen-bond donors (Lipinski definition) is 3. The monoisotopic (exact) mass is 807 g/mol. The van der Waals surface area contributed by atoms with Crippen LogP contribution in [0.4, 0.5) is 17.6 Å². The van der Waals surface area contributed by atoms with E-state index in [1.807, 2.05) is 17.0 Å². The molecule has 57 heavy (non-hydrogen) atoms. The number of aromatic nitrogens is 2. The summed E-state index contributed by atoms with van der Waals surface area (Å²) in [5, 5.41) is 20.8. The molecule has 1 aliphatic carbocycles. The number of amides is 1. The first-order valence-electron chi connectivity index (χ1n) is 18.6. The van der Waals surface area contributed by atoms with Crippen LogP contribution in [0.2, 0.25) is 5.02 Å². The second-order valence-electron chi connectivity index (χ2n) is 14.7. The van der Waals surface area contributed by atoms with E-state index < -0.39 is 29.4 Å². The number of hydrogen-bond acceptors (Lipinski definition) is 7. The van der Waals surface area contributed by atoms with Crippen molar-refractivity contribution in [2.24, 2.45) is 5.92 Å². The maximum atomic E-state index is 15.7. The van der Waals surface area contributed by atoms with E-state index in [-0.39, 0.29) is 48.9 Å². The van der Waals surface area contributed by atoms with Crippen LogP contribution in [-0.4, -0.2) is 71.6 Å². The number of carbonyl (C=O) groups is 2. The van der Waals surface area contributed by atoms with Gasteiger partial charge in [0.25, 0.3) is 0 Å². The lowest BCUT2D eigenvalue weighted by atomic mass is 9.79. The van der Waals surface area contributed by atoms with Crippen LogP contribution in [0, 0.1) is 11.7 Å². The Morgan fingerprint density at radius 2 is 1.75 bits per heavy atom. The SMILES string of the molecule is COc1cc(Cn2ncc3c(-c4cccc(-c5cc(F)c(CNC[C@@H]6CCC(=O)N6)c(OC)c5)c4Cl)cccc32)c(C(F)(F)F)cc1CN(C)C1CC(C(=O)O)C1. The van der Waals surface area contributed by atoms with Gasteiger partial charge in [0.05, 0.1) is 49.0 Å². The van der Waals surface area contributed by atoms with Crippen molar-refractivity contribution in [2.45, 2.75) is 63.6 Å². The summed E-state index contributed by atoms with van der Waals surface area (Å²) in [6.07, 6.45) is -1.02. The summed E-state index contributed by atoms with van der Waals surface area (Å²) in [6.45, 7) is 0.630. The zero-order valence-electron chi connectivity index (χ0n) is 31.6. The molecule has 3 N–H and O–H groups in total. The van der Waals surface area contributed by atoms with Crippen molar-refractivity contribution < 1.29 is 41.7 Å². The number of carboxylic acid groups (broad SMARTS) is 1. The van der Waals surface area contributed by atoms with Crippen LogP contribution in [0.25, 0.3) is 33.2 Å². The molecular formula is C42H42ClF4N5O5. The maximum absolute atomic E-state index is 15.7. The summed E-state index contributed by atoms with van der Waals surface area (Å²) in [7, 11) is 4.64. The number of nitrogens with one attached hydrogen (secondary N) is 2. The van der Waals surface area contributed by atoms with Gasteiger partial charge in [0.1, 0.15) is 17.3 Å². The van der Waals surface area contributed by atoms with Crippen LogP contribution < -0.4 is 20.1 Å². The molecule has 0 radical (unpaired) electrons. The molecule has 1 saturated heterocycles. The van der Waals surface area contributed by atoms with Crippen LogP contribution in [0.3, 0.4) is 0 Å². The van der Waals surface area contributed by atoms with Crippen molar-refractivity contribution in [2.75, 3.05) is 27.8 Å². The molecule has 15 heteroatoms. The summed E-state index contributed by atoms with van der Waals surface area (Å²) in [4.78, 5) is 24.7. The minimum Gasteiger partial charge on any atom is -0.496 e. The maximum Gasteiger partial charge on any atom is 0.416 e. The molecule has 2 heterocycles. The zero-order valence-corrected chi connectivity index (χ0v) is 32.3. The topological polar surface area (TPSA) is 118 Å². The highest BCUT2D eigenvalue weighted by molar-refractivity contribution is 6.36. The summed E-state index contributed by atoms with van der Waals surface area (Å²) in [5.74, 6) is -1.17. The van der Waals surface area contributed by atoms with Crippen molar-refractivity contribution in [1.29, 1.82) is 0 Å². The van der Waals surface area contributed by atoms with E-state index in [1.165, 1.54) is 31.0 Å². The Balaban J connectivity index is 1.16. The Morgan fingerprint density at radius 3 is 2.44 bits per heavy atom. The lowest BCUT2D eigenvalue weighted by Gasteiger charge is -2.39. The molecule has 0 unspecified atom stereocenters. The fraction of sp³-hybridized carbons (Fsp3) is 0.357. The Bertz CT molecular complexity index is 2330. The van der Waals surface area contributed by atoms with Crippen LogP contribution in [0.1, 0.15) is 47.9 Å². The third-order valence-electron chi connectivity index (χ3n) is 11.1. The number of benzene rings is 4. The molecule has 4 aromatic carbocycles. The highest BCUT2D eigenvalue weighted by Crippen LogP contribution is 2.42. The van der Waals surface area contributed by atoms with Crippen molar-refractivity contribution in [3.63, 3.8) is 0 Å². The first kappa shape index (κ1) is 40.0. The van der Waals surface area contributed by atoms with E-state index in [4.69, 9.17) is 21.1 Å². The minimum atomic E-state index is -4.67. The summed E-state index contributed by atoms with van der Waals surface area (Å²) in [5.41, 5.74) is 2.76. The molecule has 5 aromatic rings. The number of nitrogens with zero attached hydrogens (tertiary/aromatic N) is 3. The van der Waals surface area contributed by atoms with Gasteiger partial charge in [-0.15, -0.1) is 0 Å². The summed E-state index contributed by atoms with van der Waals surface area (Å²) in [6, 6.07) is 16.3. The largest absolute Gasteiger partial charge is 0.496 e. The predicted molar refractivity (Wildman–Crippen MR) is 208 cm³/mol. The number of rotatable bonds is 14. The lowest BCUT2D eigenvalue weighted by molar-refractivity contribution is -0.147. The fourth-order valence-corrected chi connectivity index (χ4v) is 8.17. The predicted octanol–water partition coefficient (Wildman–Crippen LogP) is 7.91. The van der Waals surface area contributed by atoms with Crippen LogP contribution in [0.15, 0.2) is 66.9 Å². The number of ether oxygens (including phenoxy) is 2. The number of methoxy groups -OCH3 is 2. The van der Waals surface area contributed by atoms with Gasteiger partial charge < -0.3 is 25.2 Å². The zero-order chi connectivity index (χ0) is 40.6. The number of alkyl halides is 3. The molecule has 1 aromatic heterocycles. The number of fused-ring (bicyclic) bond motifs is 1. The molecule has 300 valence electrons. The van der Waals surface area contributed by atoms with Gasteiger partial charge in [-0.3, -0.25) is 19.2 Å². The molecule has 2 fully saturated rings.